The Bertz CT molecular complexity index is 1190. The molecule has 4 rings (SSSR count). The maximum Gasteiger partial charge on any atom is 0.416 e. The summed E-state index contributed by atoms with van der Waals surface area (Å²) < 4.78 is 41.9. The molecular formula is C22H21BrF3N3O2. The first kappa shape index (κ1) is 21.7. The van der Waals surface area contributed by atoms with Gasteiger partial charge in [-0.05, 0) is 78.4 Å². The molecular weight excluding hydrogens is 475 g/mol. The summed E-state index contributed by atoms with van der Waals surface area (Å²) in [4.78, 5) is 28.0. The van der Waals surface area contributed by atoms with E-state index in [1.54, 1.807) is 4.57 Å². The van der Waals surface area contributed by atoms with Gasteiger partial charge in [0, 0.05) is 22.1 Å². The Labute approximate surface area is 184 Å². The van der Waals surface area contributed by atoms with Crippen LogP contribution >= 0.6 is 15.9 Å². The average Bonchev–Trinajstić information content (AvgIpc) is 3.06. The van der Waals surface area contributed by atoms with Crippen molar-refractivity contribution in [3.8, 4) is 0 Å². The van der Waals surface area contributed by atoms with Gasteiger partial charge in [-0.25, -0.2) is 4.79 Å². The molecule has 3 aromatic rings. The number of aromatic amines is 1. The number of fused-ring (bicyclic) bond motifs is 1. The molecule has 0 saturated heterocycles. The van der Waals surface area contributed by atoms with Crippen molar-refractivity contribution in [2.75, 3.05) is 5.32 Å². The molecule has 0 aliphatic heterocycles. The first-order valence-electron chi connectivity index (χ1n) is 10.0. The van der Waals surface area contributed by atoms with Crippen LogP contribution in [0.25, 0.3) is 11.0 Å². The average molecular weight is 496 g/mol. The summed E-state index contributed by atoms with van der Waals surface area (Å²) in [5.74, 6) is -0.594. The van der Waals surface area contributed by atoms with Gasteiger partial charge in [0.05, 0.1) is 16.6 Å². The monoisotopic (exact) mass is 495 g/mol. The van der Waals surface area contributed by atoms with Gasteiger partial charge in [-0.2, -0.15) is 13.2 Å². The number of amides is 1. The highest BCUT2D eigenvalue weighted by molar-refractivity contribution is 9.10. The van der Waals surface area contributed by atoms with Crippen LogP contribution in [-0.2, 0) is 11.0 Å². The molecule has 5 nitrogen and oxygen atoms in total. The molecule has 1 aliphatic rings. The van der Waals surface area contributed by atoms with Crippen LogP contribution in [0.5, 0.6) is 0 Å². The van der Waals surface area contributed by atoms with Crippen molar-refractivity contribution >= 4 is 38.6 Å². The number of halogens is 4. The number of para-hydroxylation sites is 1. The minimum Gasteiger partial charge on any atom is -0.326 e. The summed E-state index contributed by atoms with van der Waals surface area (Å²) in [7, 11) is 0. The maximum atomic E-state index is 13.1. The number of rotatable bonds is 3. The van der Waals surface area contributed by atoms with Crippen LogP contribution in [0, 0.1) is 12.8 Å². The summed E-state index contributed by atoms with van der Waals surface area (Å²) in [6.45, 7) is 1.39. The molecule has 1 amide bonds. The Hall–Kier alpha value is -2.55. The molecule has 1 heterocycles. The molecule has 0 radical (unpaired) electrons. The number of carbonyl (C=O) groups excluding carboxylic acids is 1. The molecule has 1 fully saturated rings. The number of nitrogens with zero attached hydrogens (tertiary/aromatic N) is 1. The lowest BCUT2D eigenvalue weighted by Crippen LogP contribution is -2.31. The van der Waals surface area contributed by atoms with Crippen molar-refractivity contribution in [3.63, 3.8) is 0 Å². The third kappa shape index (κ3) is 4.28. The summed E-state index contributed by atoms with van der Waals surface area (Å²) in [5, 5.41) is 2.63. The number of aromatic nitrogens is 2. The van der Waals surface area contributed by atoms with Gasteiger partial charge >= 0.3 is 11.9 Å². The lowest BCUT2D eigenvalue weighted by molar-refractivity contribution is -0.138. The van der Waals surface area contributed by atoms with Gasteiger partial charge in [0.1, 0.15) is 0 Å². The topological polar surface area (TPSA) is 66.9 Å². The summed E-state index contributed by atoms with van der Waals surface area (Å²) in [5.41, 5.74) is 0.872. The molecule has 2 N–H and O–H groups in total. The molecule has 164 valence electrons. The minimum absolute atomic E-state index is 0.0317. The maximum absolute atomic E-state index is 13.1. The second kappa shape index (κ2) is 8.18. The lowest BCUT2D eigenvalue weighted by Gasteiger charge is -2.28. The summed E-state index contributed by atoms with van der Waals surface area (Å²) >= 11 is 3.44. The zero-order chi connectivity index (χ0) is 22.3. The second-order valence-corrected chi connectivity index (χ2v) is 8.81. The molecule has 1 aliphatic carbocycles. The van der Waals surface area contributed by atoms with Crippen molar-refractivity contribution in [2.24, 2.45) is 5.92 Å². The fourth-order valence-corrected chi connectivity index (χ4v) is 4.78. The molecule has 31 heavy (non-hydrogen) atoms. The molecule has 9 heteroatoms. The number of alkyl halides is 3. The minimum atomic E-state index is -4.47. The van der Waals surface area contributed by atoms with Gasteiger partial charge in [0.25, 0.3) is 0 Å². The number of H-pyrrole nitrogens is 1. The van der Waals surface area contributed by atoms with E-state index in [-0.39, 0.29) is 34.8 Å². The van der Waals surface area contributed by atoms with Gasteiger partial charge in [0.2, 0.25) is 5.91 Å². The Morgan fingerprint density at radius 2 is 1.87 bits per heavy atom. The Balaban J connectivity index is 1.45. The van der Waals surface area contributed by atoms with Crippen molar-refractivity contribution in [1.82, 2.24) is 9.55 Å². The van der Waals surface area contributed by atoms with Crippen LogP contribution in [0.2, 0.25) is 0 Å². The van der Waals surface area contributed by atoms with Crippen LogP contribution in [0.3, 0.4) is 0 Å². The number of imidazole rings is 1. The van der Waals surface area contributed by atoms with E-state index in [1.807, 2.05) is 18.2 Å². The molecule has 1 saturated carbocycles. The third-order valence-electron chi connectivity index (χ3n) is 5.95. The predicted molar refractivity (Wildman–Crippen MR) is 116 cm³/mol. The van der Waals surface area contributed by atoms with E-state index >= 15 is 0 Å². The van der Waals surface area contributed by atoms with E-state index in [0.717, 1.165) is 21.6 Å². The normalized spacial score (nSPS) is 19.5. The molecule has 0 atom stereocenters. The van der Waals surface area contributed by atoms with Gasteiger partial charge in [0.15, 0.2) is 0 Å². The molecule has 0 unspecified atom stereocenters. The Kier molecular flexibility index (Phi) is 5.72. The quantitative estimate of drug-likeness (QED) is 0.482. The summed E-state index contributed by atoms with van der Waals surface area (Å²) in [6, 6.07) is 9.39. The number of benzene rings is 2. The van der Waals surface area contributed by atoms with Crippen LogP contribution in [0.15, 0.2) is 45.7 Å². The van der Waals surface area contributed by atoms with Crippen LogP contribution in [0.4, 0.5) is 18.9 Å². The lowest BCUT2D eigenvalue weighted by atomic mass is 9.85. The van der Waals surface area contributed by atoms with Crippen molar-refractivity contribution in [1.29, 1.82) is 0 Å². The Morgan fingerprint density at radius 3 is 2.55 bits per heavy atom. The van der Waals surface area contributed by atoms with Gasteiger partial charge in [-0.15, -0.1) is 0 Å². The van der Waals surface area contributed by atoms with Gasteiger partial charge in [-0.1, -0.05) is 12.1 Å². The van der Waals surface area contributed by atoms with Crippen LogP contribution in [0.1, 0.15) is 42.9 Å². The molecule has 1 aromatic heterocycles. The molecule has 0 bridgehead atoms. The SMILES string of the molecule is Cc1ccc(NC(=O)[C@H]2CC[C@@H](n3c(=O)[nH]c4c(Br)cccc43)CC2)cc1C(F)(F)F. The first-order valence-corrected chi connectivity index (χ1v) is 10.8. The van der Waals surface area contributed by atoms with E-state index in [4.69, 9.17) is 0 Å². The van der Waals surface area contributed by atoms with Crippen molar-refractivity contribution in [2.45, 2.75) is 44.8 Å². The zero-order valence-electron chi connectivity index (χ0n) is 16.7. The van der Waals surface area contributed by atoms with Crippen LogP contribution in [-0.4, -0.2) is 15.5 Å². The number of carbonyl (C=O) groups is 1. The van der Waals surface area contributed by atoms with E-state index in [9.17, 15) is 22.8 Å². The zero-order valence-corrected chi connectivity index (χ0v) is 18.3. The van der Waals surface area contributed by atoms with Gasteiger partial charge in [-0.3, -0.25) is 9.36 Å². The fraction of sp³-hybridized carbons (Fsp3) is 0.364. The van der Waals surface area contributed by atoms with Gasteiger partial charge < -0.3 is 10.3 Å². The second-order valence-electron chi connectivity index (χ2n) is 7.96. The number of nitrogens with one attached hydrogen (secondary N) is 2. The van der Waals surface area contributed by atoms with E-state index in [1.165, 1.54) is 19.1 Å². The smallest absolute Gasteiger partial charge is 0.326 e. The standard InChI is InChI=1S/C22H21BrF3N3O2/c1-12-5-8-14(11-16(12)22(24,25)26)27-20(30)13-6-9-15(10-7-13)29-18-4-2-3-17(23)19(18)28-21(29)31/h2-5,8,11,13,15H,6-7,9-10H2,1H3,(H,27,30)(H,28,31)/t13-,15+. The van der Waals surface area contributed by atoms with E-state index < -0.39 is 11.7 Å². The number of hydrogen-bond donors (Lipinski definition) is 2. The highest BCUT2D eigenvalue weighted by Gasteiger charge is 2.33. The highest BCUT2D eigenvalue weighted by atomic mass is 79.9. The predicted octanol–water partition coefficient (Wildman–Crippen LogP) is 5.79. The van der Waals surface area contributed by atoms with Crippen molar-refractivity contribution in [3.05, 3.63) is 62.5 Å². The number of hydrogen-bond acceptors (Lipinski definition) is 2. The van der Waals surface area contributed by atoms with E-state index in [0.29, 0.717) is 25.7 Å². The largest absolute Gasteiger partial charge is 0.416 e. The summed E-state index contributed by atoms with van der Waals surface area (Å²) in [6.07, 6.45) is -2.08. The van der Waals surface area contributed by atoms with Crippen molar-refractivity contribution < 1.29 is 18.0 Å². The van der Waals surface area contributed by atoms with E-state index in [2.05, 4.69) is 26.2 Å². The molecule has 2 aromatic carbocycles. The fourth-order valence-electron chi connectivity index (χ4n) is 4.32. The third-order valence-corrected chi connectivity index (χ3v) is 6.61. The highest BCUT2D eigenvalue weighted by Crippen LogP contribution is 2.36. The van der Waals surface area contributed by atoms with Crippen LogP contribution < -0.4 is 11.0 Å². The number of aryl methyl sites for hydroxylation is 1. The first-order chi connectivity index (χ1) is 14.6. The molecule has 0 spiro atoms. The Morgan fingerprint density at radius 1 is 1.16 bits per heavy atom. The number of anilines is 1.